The summed E-state index contributed by atoms with van der Waals surface area (Å²) >= 11 is 0. The van der Waals surface area contributed by atoms with Crippen LogP contribution in [-0.4, -0.2) is 29.8 Å². The molecule has 0 aliphatic heterocycles. The highest BCUT2D eigenvalue weighted by molar-refractivity contribution is 5.97. The van der Waals surface area contributed by atoms with Crippen LogP contribution in [0.25, 0.3) is 0 Å². The van der Waals surface area contributed by atoms with Crippen molar-refractivity contribution in [2.45, 2.75) is 13.5 Å². The number of rotatable bonds is 6. The lowest BCUT2D eigenvalue weighted by Crippen LogP contribution is -2.31. The van der Waals surface area contributed by atoms with Gasteiger partial charge in [0.15, 0.2) is 0 Å². The Hall–Kier alpha value is -2.65. The van der Waals surface area contributed by atoms with Gasteiger partial charge in [-0.05, 0) is 5.56 Å². The van der Waals surface area contributed by atoms with Crippen LogP contribution in [0.15, 0.2) is 42.1 Å². The summed E-state index contributed by atoms with van der Waals surface area (Å²) in [6.45, 7) is 2.17. The van der Waals surface area contributed by atoms with Crippen molar-refractivity contribution in [2.24, 2.45) is 5.73 Å². The van der Waals surface area contributed by atoms with E-state index in [2.05, 4.69) is 5.32 Å². The number of nitrogens with zero attached hydrogens (tertiary/aromatic N) is 2. The Morgan fingerprint density at radius 3 is 2.57 bits per heavy atom. The number of benzene rings is 1. The summed E-state index contributed by atoms with van der Waals surface area (Å²) in [6.07, 6.45) is 1.23. The van der Waals surface area contributed by atoms with Crippen LogP contribution in [0.4, 0.5) is 0 Å². The Balaban J connectivity index is 2.72. The fraction of sp³-hybridized carbons (Fsp3) is 0.267. The number of hydrogen-bond donors (Lipinski definition) is 2. The summed E-state index contributed by atoms with van der Waals surface area (Å²) in [5.74, 6) is -0.798. The van der Waals surface area contributed by atoms with Crippen molar-refractivity contribution in [3.8, 4) is 6.07 Å². The molecule has 0 unspecified atom stereocenters. The molecule has 0 atom stereocenters. The van der Waals surface area contributed by atoms with Gasteiger partial charge in [0.05, 0.1) is 0 Å². The van der Waals surface area contributed by atoms with Crippen LogP contribution < -0.4 is 11.1 Å². The fourth-order valence-electron chi connectivity index (χ4n) is 1.62. The normalized spacial score (nSPS) is 10.6. The molecular weight excluding hydrogens is 268 g/mol. The van der Waals surface area contributed by atoms with Gasteiger partial charge < -0.3 is 16.0 Å². The zero-order valence-corrected chi connectivity index (χ0v) is 11.9. The van der Waals surface area contributed by atoms with Gasteiger partial charge in [0, 0.05) is 32.8 Å². The molecule has 0 bridgehead atoms. The first-order chi connectivity index (χ1) is 10.1. The molecule has 0 radical (unpaired) electrons. The van der Waals surface area contributed by atoms with Crippen molar-refractivity contribution in [3.05, 3.63) is 47.7 Å². The Morgan fingerprint density at radius 1 is 1.38 bits per heavy atom. The van der Waals surface area contributed by atoms with E-state index in [0.29, 0.717) is 6.54 Å². The molecule has 1 aromatic carbocycles. The standard InChI is InChI=1S/C15H18N4O2/c1-12(20)19(8-7-16)11-14(9-17)15(21)18-10-13-5-3-2-4-6-13/h2-6,11H,7-8,10,16H2,1H3,(H,18,21)/b14-11-. The molecule has 6 heteroatoms. The van der Waals surface area contributed by atoms with E-state index in [4.69, 9.17) is 11.0 Å². The third-order valence-corrected chi connectivity index (χ3v) is 2.72. The van der Waals surface area contributed by atoms with E-state index in [9.17, 15) is 9.59 Å². The van der Waals surface area contributed by atoms with E-state index >= 15 is 0 Å². The quantitative estimate of drug-likeness (QED) is 0.588. The predicted octanol–water partition coefficient (Wildman–Crippen LogP) is 0.517. The molecule has 1 aromatic rings. The molecule has 3 N–H and O–H groups in total. The molecule has 0 saturated heterocycles. The summed E-state index contributed by atoms with van der Waals surface area (Å²) in [7, 11) is 0. The zero-order chi connectivity index (χ0) is 15.7. The topological polar surface area (TPSA) is 99.2 Å². The molecule has 0 aliphatic rings. The summed E-state index contributed by atoms with van der Waals surface area (Å²) in [5, 5.41) is 11.7. The van der Waals surface area contributed by atoms with Gasteiger partial charge in [0.2, 0.25) is 5.91 Å². The van der Waals surface area contributed by atoms with Crippen molar-refractivity contribution in [2.75, 3.05) is 13.1 Å². The van der Waals surface area contributed by atoms with Gasteiger partial charge in [-0.25, -0.2) is 0 Å². The molecule has 0 aromatic heterocycles. The predicted molar refractivity (Wildman–Crippen MR) is 78.4 cm³/mol. The maximum absolute atomic E-state index is 11.9. The van der Waals surface area contributed by atoms with Gasteiger partial charge in [-0.15, -0.1) is 0 Å². The van der Waals surface area contributed by atoms with Crippen molar-refractivity contribution in [1.29, 1.82) is 5.26 Å². The molecule has 0 saturated carbocycles. The molecular formula is C15H18N4O2. The number of nitrogens with one attached hydrogen (secondary N) is 1. The zero-order valence-electron chi connectivity index (χ0n) is 11.9. The molecule has 2 amide bonds. The van der Waals surface area contributed by atoms with E-state index in [1.165, 1.54) is 18.0 Å². The first-order valence-corrected chi connectivity index (χ1v) is 6.49. The highest BCUT2D eigenvalue weighted by Crippen LogP contribution is 2.01. The second-order valence-electron chi connectivity index (χ2n) is 4.32. The molecule has 21 heavy (non-hydrogen) atoms. The van der Waals surface area contributed by atoms with E-state index in [1.807, 2.05) is 30.3 Å². The monoisotopic (exact) mass is 286 g/mol. The highest BCUT2D eigenvalue weighted by atomic mass is 16.2. The number of nitrogens with two attached hydrogens (primary N) is 1. The van der Waals surface area contributed by atoms with E-state index in [1.54, 1.807) is 6.07 Å². The lowest BCUT2D eigenvalue weighted by Gasteiger charge is -2.15. The maximum Gasteiger partial charge on any atom is 0.263 e. The van der Waals surface area contributed by atoms with Gasteiger partial charge >= 0.3 is 0 Å². The SMILES string of the molecule is CC(=O)N(/C=C(/C#N)C(=O)NCc1ccccc1)CCN. The number of hydrogen-bond acceptors (Lipinski definition) is 4. The highest BCUT2D eigenvalue weighted by Gasteiger charge is 2.12. The van der Waals surface area contributed by atoms with Gasteiger partial charge in [-0.1, -0.05) is 30.3 Å². The average molecular weight is 286 g/mol. The van der Waals surface area contributed by atoms with Gasteiger partial charge in [0.1, 0.15) is 11.6 Å². The molecule has 0 aliphatic carbocycles. The van der Waals surface area contributed by atoms with E-state index < -0.39 is 5.91 Å². The third-order valence-electron chi connectivity index (χ3n) is 2.72. The second kappa shape index (κ2) is 8.51. The van der Waals surface area contributed by atoms with E-state index in [-0.39, 0.29) is 24.6 Å². The van der Waals surface area contributed by atoms with Gasteiger partial charge in [-0.3, -0.25) is 9.59 Å². The minimum atomic E-state index is -0.523. The summed E-state index contributed by atoms with van der Waals surface area (Å²) in [6, 6.07) is 11.1. The third kappa shape index (κ3) is 5.47. The minimum absolute atomic E-state index is 0.130. The Labute approximate surface area is 123 Å². The number of carbonyl (C=O) groups is 2. The molecule has 110 valence electrons. The molecule has 0 spiro atoms. The Kier molecular flexibility index (Phi) is 6.65. The van der Waals surface area contributed by atoms with Crippen LogP contribution >= 0.6 is 0 Å². The first kappa shape index (κ1) is 16.4. The van der Waals surface area contributed by atoms with Crippen LogP contribution in [0.1, 0.15) is 12.5 Å². The number of amides is 2. The van der Waals surface area contributed by atoms with Crippen molar-refractivity contribution < 1.29 is 9.59 Å². The van der Waals surface area contributed by atoms with Gasteiger partial charge in [-0.2, -0.15) is 5.26 Å². The minimum Gasteiger partial charge on any atom is -0.347 e. The van der Waals surface area contributed by atoms with E-state index in [0.717, 1.165) is 5.56 Å². The summed E-state index contributed by atoms with van der Waals surface area (Å²) < 4.78 is 0. The number of carbonyl (C=O) groups excluding carboxylic acids is 2. The summed E-state index contributed by atoms with van der Waals surface area (Å²) in [5.41, 5.74) is 6.18. The van der Waals surface area contributed by atoms with Crippen molar-refractivity contribution >= 4 is 11.8 Å². The van der Waals surface area contributed by atoms with Crippen molar-refractivity contribution in [3.63, 3.8) is 0 Å². The largest absolute Gasteiger partial charge is 0.347 e. The van der Waals surface area contributed by atoms with Crippen LogP contribution in [0, 0.1) is 11.3 Å². The smallest absolute Gasteiger partial charge is 0.263 e. The molecule has 6 nitrogen and oxygen atoms in total. The van der Waals surface area contributed by atoms with Crippen LogP contribution in [0.2, 0.25) is 0 Å². The van der Waals surface area contributed by atoms with Gasteiger partial charge in [0.25, 0.3) is 5.91 Å². The Bertz CT molecular complexity index is 561. The lowest BCUT2D eigenvalue weighted by molar-refractivity contribution is -0.126. The molecule has 1 rings (SSSR count). The maximum atomic E-state index is 11.9. The van der Waals surface area contributed by atoms with Crippen molar-refractivity contribution in [1.82, 2.24) is 10.2 Å². The second-order valence-corrected chi connectivity index (χ2v) is 4.32. The molecule has 0 fully saturated rings. The van der Waals surface area contributed by atoms with Crippen LogP contribution in [0.3, 0.4) is 0 Å². The number of nitriles is 1. The first-order valence-electron chi connectivity index (χ1n) is 6.49. The Morgan fingerprint density at radius 2 is 2.05 bits per heavy atom. The average Bonchev–Trinajstić information content (AvgIpc) is 2.49. The van der Waals surface area contributed by atoms with Crippen LogP contribution in [-0.2, 0) is 16.1 Å². The fourth-order valence-corrected chi connectivity index (χ4v) is 1.62. The van der Waals surface area contributed by atoms with Crippen LogP contribution in [0.5, 0.6) is 0 Å². The summed E-state index contributed by atoms with van der Waals surface area (Å²) in [4.78, 5) is 24.6. The molecule has 0 heterocycles. The lowest BCUT2D eigenvalue weighted by atomic mass is 10.2.